The molecule has 2 nitrogen and oxygen atoms in total. The van der Waals surface area contributed by atoms with Crippen LogP contribution in [-0.2, 0) is 6.42 Å². The van der Waals surface area contributed by atoms with Crippen LogP contribution in [-0.4, -0.2) is 29.1 Å². The lowest BCUT2D eigenvalue weighted by Gasteiger charge is -2.27. The molecule has 3 rings (SSSR count). The molecule has 24 heavy (non-hydrogen) atoms. The normalized spacial score (nSPS) is 19.5. The van der Waals surface area contributed by atoms with E-state index in [4.69, 9.17) is 0 Å². The van der Waals surface area contributed by atoms with Crippen LogP contribution in [0.1, 0.15) is 36.5 Å². The van der Waals surface area contributed by atoms with Gasteiger partial charge in [-0.3, -0.25) is 4.90 Å². The third-order valence-corrected chi connectivity index (χ3v) is 4.84. The molecule has 1 fully saturated rings. The highest BCUT2D eigenvalue weighted by Gasteiger charge is 2.26. The predicted molar refractivity (Wildman–Crippen MR) is 90.7 cm³/mol. The fraction of sp³-hybridized carbons (Fsp3) is 0.400. The van der Waals surface area contributed by atoms with Gasteiger partial charge in [0.2, 0.25) is 0 Å². The summed E-state index contributed by atoms with van der Waals surface area (Å²) < 4.78 is 26.4. The molecule has 0 unspecified atom stereocenters. The number of aliphatic hydroxyl groups is 1. The van der Waals surface area contributed by atoms with E-state index >= 15 is 0 Å². The largest absolute Gasteiger partial charge is 0.387 e. The van der Waals surface area contributed by atoms with Crippen molar-refractivity contribution in [3.63, 3.8) is 0 Å². The Morgan fingerprint density at radius 3 is 2.62 bits per heavy atom. The van der Waals surface area contributed by atoms with Crippen LogP contribution in [0.5, 0.6) is 0 Å². The van der Waals surface area contributed by atoms with Crippen LogP contribution in [0.2, 0.25) is 0 Å². The Balaban J connectivity index is 1.57. The number of hydrogen-bond donors (Lipinski definition) is 1. The zero-order valence-electron chi connectivity index (χ0n) is 13.7. The molecule has 0 bridgehead atoms. The third kappa shape index (κ3) is 4.19. The molecule has 1 saturated heterocycles. The average Bonchev–Trinajstić information content (AvgIpc) is 3.03. The molecule has 0 radical (unpaired) electrons. The van der Waals surface area contributed by atoms with Crippen molar-refractivity contribution < 1.29 is 13.9 Å². The Bertz CT molecular complexity index is 662. The van der Waals surface area contributed by atoms with Gasteiger partial charge < -0.3 is 5.11 Å². The first kappa shape index (κ1) is 17.1. The molecule has 0 saturated carbocycles. The molecule has 2 aromatic rings. The smallest absolute Gasteiger partial charge is 0.159 e. The van der Waals surface area contributed by atoms with Gasteiger partial charge >= 0.3 is 0 Å². The fourth-order valence-corrected chi connectivity index (χ4v) is 3.49. The molecular formula is C20H23F2NO. The maximum atomic E-state index is 13.3. The Morgan fingerprint density at radius 2 is 1.88 bits per heavy atom. The molecule has 1 aliphatic heterocycles. The monoisotopic (exact) mass is 331 g/mol. The van der Waals surface area contributed by atoms with Crippen molar-refractivity contribution in [2.75, 3.05) is 13.1 Å². The second-order valence-electron chi connectivity index (χ2n) is 6.50. The highest BCUT2D eigenvalue weighted by atomic mass is 19.2. The highest BCUT2D eigenvalue weighted by molar-refractivity contribution is 5.20. The van der Waals surface area contributed by atoms with E-state index in [-0.39, 0.29) is 0 Å². The van der Waals surface area contributed by atoms with Crippen LogP contribution in [0.15, 0.2) is 48.5 Å². The first-order valence-corrected chi connectivity index (χ1v) is 8.54. The van der Waals surface area contributed by atoms with Crippen LogP contribution in [0, 0.1) is 11.6 Å². The molecule has 0 aliphatic carbocycles. The molecule has 2 atom stereocenters. The zero-order chi connectivity index (χ0) is 16.9. The zero-order valence-corrected chi connectivity index (χ0v) is 13.7. The van der Waals surface area contributed by atoms with Crippen LogP contribution < -0.4 is 0 Å². The van der Waals surface area contributed by atoms with Gasteiger partial charge in [0.1, 0.15) is 0 Å². The molecule has 1 N–H and O–H groups in total. The molecule has 2 aromatic carbocycles. The van der Waals surface area contributed by atoms with E-state index in [2.05, 4.69) is 29.2 Å². The maximum absolute atomic E-state index is 13.3. The van der Waals surface area contributed by atoms with Crippen molar-refractivity contribution >= 4 is 0 Å². The van der Waals surface area contributed by atoms with Crippen molar-refractivity contribution in [1.29, 1.82) is 0 Å². The number of benzene rings is 2. The Labute approximate surface area is 141 Å². The second kappa shape index (κ2) is 7.86. The van der Waals surface area contributed by atoms with Gasteiger partial charge in [-0.1, -0.05) is 36.4 Å². The molecule has 0 spiro atoms. The quantitative estimate of drug-likeness (QED) is 0.861. The number of rotatable bonds is 6. The Morgan fingerprint density at radius 1 is 1.08 bits per heavy atom. The number of likely N-dealkylation sites (tertiary alicyclic amines) is 1. The second-order valence-corrected chi connectivity index (χ2v) is 6.50. The molecule has 128 valence electrons. The van der Waals surface area contributed by atoms with E-state index in [9.17, 15) is 13.9 Å². The standard InChI is InChI=1S/C20H23F2NO/c21-18-11-9-16(13-19(18)22)20(24)14-23-12-4-7-17(23)10-8-15-5-2-1-3-6-15/h1-3,5-6,9,11,13,17,20,24H,4,7-8,10,12,14H2/t17-,20+/m1/s1. The van der Waals surface area contributed by atoms with Gasteiger partial charge in [0.05, 0.1) is 6.10 Å². The van der Waals surface area contributed by atoms with Crippen LogP contribution in [0.4, 0.5) is 8.78 Å². The van der Waals surface area contributed by atoms with Gasteiger partial charge in [-0.05, 0) is 55.5 Å². The van der Waals surface area contributed by atoms with Gasteiger partial charge in [-0.15, -0.1) is 0 Å². The lowest BCUT2D eigenvalue weighted by molar-refractivity contribution is 0.103. The minimum atomic E-state index is -0.909. The highest BCUT2D eigenvalue weighted by Crippen LogP contribution is 2.25. The van der Waals surface area contributed by atoms with Crippen LogP contribution in [0.25, 0.3) is 0 Å². The summed E-state index contributed by atoms with van der Waals surface area (Å²) in [6.07, 6.45) is 3.51. The van der Waals surface area contributed by atoms with E-state index in [0.29, 0.717) is 18.2 Å². The summed E-state index contributed by atoms with van der Waals surface area (Å²) in [6.45, 7) is 1.41. The van der Waals surface area contributed by atoms with Crippen molar-refractivity contribution in [3.8, 4) is 0 Å². The number of aryl methyl sites for hydroxylation is 1. The van der Waals surface area contributed by atoms with Gasteiger partial charge in [-0.25, -0.2) is 8.78 Å². The lowest BCUT2D eigenvalue weighted by Crippen LogP contribution is -2.33. The summed E-state index contributed by atoms with van der Waals surface area (Å²) in [5.74, 6) is -1.79. The van der Waals surface area contributed by atoms with Gasteiger partial charge in [0.15, 0.2) is 11.6 Å². The summed E-state index contributed by atoms with van der Waals surface area (Å²) in [5, 5.41) is 10.4. The summed E-state index contributed by atoms with van der Waals surface area (Å²) in [5.41, 5.74) is 1.76. The molecule has 1 heterocycles. The molecule has 0 amide bonds. The van der Waals surface area contributed by atoms with E-state index < -0.39 is 17.7 Å². The predicted octanol–water partition coefficient (Wildman–Crippen LogP) is 4.10. The number of β-amino-alcohol motifs (C(OH)–C–C–N with tert-alkyl or cyclic N) is 1. The maximum Gasteiger partial charge on any atom is 0.159 e. The first-order valence-electron chi connectivity index (χ1n) is 8.54. The Hall–Kier alpha value is -1.78. The van der Waals surface area contributed by atoms with Crippen molar-refractivity contribution in [2.45, 2.75) is 37.8 Å². The average molecular weight is 331 g/mol. The summed E-state index contributed by atoms with van der Waals surface area (Å²) in [6, 6.07) is 14.4. The van der Waals surface area contributed by atoms with E-state index in [1.807, 2.05) is 6.07 Å². The van der Waals surface area contributed by atoms with Crippen molar-refractivity contribution in [1.82, 2.24) is 4.90 Å². The summed E-state index contributed by atoms with van der Waals surface area (Å²) >= 11 is 0. The minimum absolute atomic E-state index is 0.433. The molecule has 0 aromatic heterocycles. The number of nitrogens with zero attached hydrogens (tertiary/aromatic N) is 1. The van der Waals surface area contributed by atoms with Gasteiger partial charge in [0.25, 0.3) is 0 Å². The summed E-state index contributed by atoms with van der Waals surface area (Å²) in [4.78, 5) is 2.27. The van der Waals surface area contributed by atoms with Gasteiger partial charge in [-0.2, -0.15) is 0 Å². The number of halogens is 2. The fourth-order valence-electron chi connectivity index (χ4n) is 3.49. The number of hydrogen-bond acceptors (Lipinski definition) is 2. The molecular weight excluding hydrogens is 308 g/mol. The minimum Gasteiger partial charge on any atom is -0.387 e. The summed E-state index contributed by atoms with van der Waals surface area (Å²) in [7, 11) is 0. The number of aliphatic hydroxyl groups excluding tert-OH is 1. The lowest BCUT2D eigenvalue weighted by atomic mass is 10.0. The van der Waals surface area contributed by atoms with E-state index in [0.717, 1.165) is 44.4 Å². The van der Waals surface area contributed by atoms with E-state index in [1.165, 1.54) is 11.6 Å². The van der Waals surface area contributed by atoms with Gasteiger partial charge in [0, 0.05) is 12.6 Å². The van der Waals surface area contributed by atoms with Crippen molar-refractivity contribution in [2.24, 2.45) is 0 Å². The van der Waals surface area contributed by atoms with E-state index in [1.54, 1.807) is 0 Å². The Kier molecular flexibility index (Phi) is 5.59. The molecule has 1 aliphatic rings. The molecule has 4 heteroatoms. The van der Waals surface area contributed by atoms with Crippen molar-refractivity contribution in [3.05, 3.63) is 71.3 Å². The third-order valence-electron chi connectivity index (χ3n) is 4.84. The first-order chi connectivity index (χ1) is 11.6. The topological polar surface area (TPSA) is 23.5 Å². The van der Waals surface area contributed by atoms with Crippen LogP contribution >= 0.6 is 0 Å². The SMILES string of the molecule is O[C@@H](CN1CCC[C@@H]1CCc1ccccc1)c1ccc(F)c(F)c1. The van der Waals surface area contributed by atoms with Crippen LogP contribution in [0.3, 0.4) is 0 Å².